The van der Waals surface area contributed by atoms with Crippen molar-refractivity contribution in [2.24, 2.45) is 0 Å². The van der Waals surface area contributed by atoms with E-state index >= 15 is 0 Å². The van der Waals surface area contributed by atoms with Crippen molar-refractivity contribution < 1.29 is 18.7 Å². The van der Waals surface area contributed by atoms with E-state index in [2.05, 4.69) is 20.9 Å². The van der Waals surface area contributed by atoms with Gasteiger partial charge in [-0.25, -0.2) is 18.6 Å². The van der Waals surface area contributed by atoms with Gasteiger partial charge in [0.15, 0.2) is 0 Å². The summed E-state index contributed by atoms with van der Waals surface area (Å²) < 4.78 is 24.3. The monoisotopic (exact) mass is 276 g/mol. The van der Waals surface area contributed by atoms with E-state index in [1.54, 1.807) is 6.07 Å². The summed E-state index contributed by atoms with van der Waals surface area (Å²) in [6.07, 6.45) is -2.88. The highest BCUT2D eigenvalue weighted by molar-refractivity contribution is 9.10. The van der Waals surface area contributed by atoms with Gasteiger partial charge in [0, 0.05) is 0 Å². The van der Waals surface area contributed by atoms with Gasteiger partial charge in [-0.3, -0.25) is 0 Å². The van der Waals surface area contributed by atoms with Gasteiger partial charge in [-0.1, -0.05) is 0 Å². The zero-order valence-electron chi connectivity index (χ0n) is 7.04. The maximum absolute atomic E-state index is 12.3. The smallest absolute Gasteiger partial charge is 0.337 e. The Bertz CT molecular complexity index is 457. The fourth-order valence-electron chi connectivity index (χ4n) is 0.920. The molecule has 0 aromatic carbocycles. The number of carboxylic acids is 1. The molecular weight excluding hydrogens is 274 g/mol. The van der Waals surface area contributed by atoms with Crippen LogP contribution in [0.1, 0.15) is 28.0 Å². The minimum atomic E-state index is -2.88. The predicted octanol–water partition coefficient (Wildman–Crippen LogP) is 2.35. The molecule has 0 fully saturated rings. The van der Waals surface area contributed by atoms with E-state index in [0.717, 1.165) is 0 Å². The van der Waals surface area contributed by atoms with Gasteiger partial charge in [-0.05, 0) is 22.0 Å². The first-order chi connectivity index (χ1) is 6.97. The van der Waals surface area contributed by atoms with Crippen LogP contribution in [0.15, 0.2) is 10.7 Å². The number of hydrogen-bond acceptors (Lipinski definition) is 3. The van der Waals surface area contributed by atoms with Crippen molar-refractivity contribution in [3.8, 4) is 6.07 Å². The average molecular weight is 277 g/mol. The number of halogens is 3. The highest BCUT2D eigenvalue weighted by atomic mass is 79.9. The summed E-state index contributed by atoms with van der Waals surface area (Å²) in [5.41, 5.74) is -1.44. The number of carbonyl (C=O) groups is 1. The minimum absolute atomic E-state index is 0.194. The van der Waals surface area contributed by atoms with Gasteiger partial charge in [0.2, 0.25) is 0 Å². The number of nitrogens with zero attached hydrogens (tertiary/aromatic N) is 2. The van der Waals surface area contributed by atoms with Crippen LogP contribution >= 0.6 is 15.9 Å². The highest BCUT2D eigenvalue weighted by Crippen LogP contribution is 2.24. The predicted molar refractivity (Wildman–Crippen MR) is 48.6 cm³/mol. The van der Waals surface area contributed by atoms with Crippen LogP contribution in [0.5, 0.6) is 0 Å². The quantitative estimate of drug-likeness (QED) is 0.842. The molecule has 1 N–H and O–H groups in total. The van der Waals surface area contributed by atoms with Crippen LogP contribution < -0.4 is 0 Å². The lowest BCUT2D eigenvalue weighted by atomic mass is 10.1. The largest absolute Gasteiger partial charge is 0.478 e. The second kappa shape index (κ2) is 4.31. The van der Waals surface area contributed by atoms with Crippen molar-refractivity contribution in [3.63, 3.8) is 0 Å². The molecular formula is C8H3BrF2N2O2. The lowest BCUT2D eigenvalue weighted by Crippen LogP contribution is -2.05. The molecule has 78 valence electrons. The summed E-state index contributed by atoms with van der Waals surface area (Å²) in [6, 6.07) is 2.27. The first-order valence-corrected chi connectivity index (χ1v) is 4.38. The summed E-state index contributed by atoms with van der Waals surface area (Å²) in [4.78, 5) is 14.0. The van der Waals surface area contributed by atoms with Gasteiger partial charge >= 0.3 is 5.97 Å². The Hall–Kier alpha value is -1.55. The van der Waals surface area contributed by atoms with E-state index in [4.69, 9.17) is 10.4 Å². The number of rotatable bonds is 2. The lowest BCUT2D eigenvalue weighted by molar-refractivity contribution is 0.0695. The maximum Gasteiger partial charge on any atom is 0.337 e. The number of alkyl halides is 2. The number of hydrogen-bond donors (Lipinski definition) is 1. The first-order valence-electron chi connectivity index (χ1n) is 3.59. The second-order valence-corrected chi connectivity index (χ2v) is 3.23. The standard InChI is InChI=1S/C8H3BrF2N2O2/c9-6-4(2-12)3(8(14)15)1-5(13-6)7(10)11/h1,7H,(H,14,15). The van der Waals surface area contributed by atoms with E-state index in [1.165, 1.54) is 0 Å². The highest BCUT2D eigenvalue weighted by Gasteiger charge is 2.19. The van der Waals surface area contributed by atoms with Crippen LogP contribution in [0.25, 0.3) is 0 Å². The summed E-state index contributed by atoms with van der Waals surface area (Å²) in [6.45, 7) is 0. The van der Waals surface area contributed by atoms with E-state index in [0.29, 0.717) is 6.07 Å². The molecule has 0 radical (unpaired) electrons. The van der Waals surface area contributed by atoms with E-state index in [-0.39, 0.29) is 10.2 Å². The van der Waals surface area contributed by atoms with Crippen LogP contribution in [-0.2, 0) is 0 Å². The Balaban J connectivity index is 3.47. The van der Waals surface area contributed by atoms with Crippen molar-refractivity contribution in [3.05, 3.63) is 27.5 Å². The number of nitriles is 1. The van der Waals surface area contributed by atoms with E-state index in [9.17, 15) is 13.6 Å². The molecule has 0 saturated carbocycles. The van der Waals surface area contributed by atoms with Crippen molar-refractivity contribution in [1.29, 1.82) is 5.26 Å². The van der Waals surface area contributed by atoms with Crippen LogP contribution in [-0.4, -0.2) is 16.1 Å². The fourth-order valence-corrected chi connectivity index (χ4v) is 1.43. The van der Waals surface area contributed by atoms with Crippen molar-refractivity contribution in [2.45, 2.75) is 6.43 Å². The molecule has 15 heavy (non-hydrogen) atoms. The Morgan fingerprint density at radius 2 is 2.27 bits per heavy atom. The molecule has 1 aromatic heterocycles. The van der Waals surface area contributed by atoms with Crippen LogP contribution in [0.2, 0.25) is 0 Å². The molecule has 0 atom stereocenters. The Morgan fingerprint density at radius 1 is 1.67 bits per heavy atom. The molecule has 1 aromatic rings. The Kier molecular flexibility index (Phi) is 3.31. The maximum atomic E-state index is 12.3. The average Bonchev–Trinajstić information content (AvgIpc) is 2.16. The third-order valence-electron chi connectivity index (χ3n) is 1.56. The molecule has 7 heteroatoms. The summed E-state index contributed by atoms with van der Waals surface area (Å²) in [7, 11) is 0. The molecule has 0 bridgehead atoms. The topological polar surface area (TPSA) is 74.0 Å². The van der Waals surface area contributed by atoms with Gasteiger partial charge in [0.05, 0.1) is 11.1 Å². The first kappa shape index (κ1) is 11.5. The lowest BCUT2D eigenvalue weighted by Gasteiger charge is -2.04. The third-order valence-corrected chi connectivity index (χ3v) is 2.13. The number of aromatic nitrogens is 1. The van der Waals surface area contributed by atoms with E-state index < -0.39 is 23.7 Å². The van der Waals surface area contributed by atoms with Gasteiger partial charge in [0.1, 0.15) is 16.4 Å². The summed E-state index contributed by atoms with van der Waals surface area (Å²) in [5.74, 6) is -1.45. The molecule has 0 amide bonds. The zero-order valence-corrected chi connectivity index (χ0v) is 8.62. The number of aromatic carboxylic acids is 1. The third kappa shape index (κ3) is 2.27. The van der Waals surface area contributed by atoms with Crippen molar-refractivity contribution >= 4 is 21.9 Å². The second-order valence-electron chi connectivity index (χ2n) is 2.48. The molecule has 1 heterocycles. The number of carboxylic acid groups (broad SMARTS) is 1. The minimum Gasteiger partial charge on any atom is -0.478 e. The van der Waals surface area contributed by atoms with Crippen LogP contribution in [0, 0.1) is 11.3 Å². The van der Waals surface area contributed by atoms with Crippen LogP contribution in [0.4, 0.5) is 8.78 Å². The Morgan fingerprint density at radius 3 is 2.67 bits per heavy atom. The van der Waals surface area contributed by atoms with Crippen molar-refractivity contribution in [2.75, 3.05) is 0 Å². The molecule has 0 saturated heterocycles. The van der Waals surface area contributed by atoms with Crippen LogP contribution in [0.3, 0.4) is 0 Å². The molecule has 1 rings (SSSR count). The molecule has 0 aliphatic heterocycles. The SMILES string of the molecule is N#Cc1c(C(=O)O)cc(C(F)F)nc1Br. The fraction of sp³-hybridized carbons (Fsp3) is 0.125. The molecule has 0 aliphatic rings. The van der Waals surface area contributed by atoms with Crippen molar-refractivity contribution in [1.82, 2.24) is 4.98 Å². The molecule has 4 nitrogen and oxygen atoms in total. The molecule has 0 unspecified atom stereocenters. The van der Waals surface area contributed by atoms with Gasteiger partial charge in [-0.2, -0.15) is 5.26 Å². The zero-order chi connectivity index (χ0) is 11.6. The number of pyridine rings is 1. The van der Waals surface area contributed by atoms with E-state index in [1.807, 2.05) is 0 Å². The summed E-state index contributed by atoms with van der Waals surface area (Å²) >= 11 is 2.76. The van der Waals surface area contributed by atoms with Gasteiger partial charge in [-0.15, -0.1) is 0 Å². The normalized spacial score (nSPS) is 10.1. The Labute approximate surface area is 91.3 Å². The van der Waals surface area contributed by atoms with Gasteiger partial charge < -0.3 is 5.11 Å². The summed E-state index contributed by atoms with van der Waals surface area (Å²) in [5, 5.41) is 17.3. The molecule has 0 aliphatic carbocycles. The molecule has 0 spiro atoms. The van der Waals surface area contributed by atoms with Gasteiger partial charge in [0.25, 0.3) is 6.43 Å².